The SMILES string of the molecule is C[C@@H](N)c1cncn1C1CC=CC1. The molecule has 1 aliphatic carbocycles. The van der Waals surface area contributed by atoms with E-state index in [9.17, 15) is 0 Å². The molecule has 1 aromatic rings. The van der Waals surface area contributed by atoms with Crippen molar-refractivity contribution in [2.24, 2.45) is 5.73 Å². The Morgan fingerprint density at radius 2 is 2.23 bits per heavy atom. The van der Waals surface area contributed by atoms with Crippen LogP contribution in [0.3, 0.4) is 0 Å². The summed E-state index contributed by atoms with van der Waals surface area (Å²) in [5.41, 5.74) is 6.98. The second-order valence-electron chi connectivity index (χ2n) is 3.61. The van der Waals surface area contributed by atoms with E-state index in [1.54, 1.807) is 0 Å². The van der Waals surface area contributed by atoms with Crippen molar-refractivity contribution in [1.29, 1.82) is 0 Å². The Bertz CT molecular complexity index is 304. The van der Waals surface area contributed by atoms with Gasteiger partial charge in [-0.05, 0) is 19.8 Å². The third kappa shape index (κ3) is 1.52. The summed E-state index contributed by atoms with van der Waals surface area (Å²) in [6.07, 6.45) is 10.4. The quantitative estimate of drug-likeness (QED) is 0.700. The Morgan fingerprint density at radius 3 is 2.85 bits per heavy atom. The average molecular weight is 177 g/mol. The molecule has 13 heavy (non-hydrogen) atoms. The van der Waals surface area contributed by atoms with Gasteiger partial charge >= 0.3 is 0 Å². The van der Waals surface area contributed by atoms with Gasteiger partial charge in [-0.3, -0.25) is 0 Å². The molecular formula is C10H15N3. The molecule has 0 amide bonds. The Balaban J connectivity index is 2.24. The minimum atomic E-state index is 0.0723. The zero-order chi connectivity index (χ0) is 9.26. The molecule has 1 aliphatic rings. The van der Waals surface area contributed by atoms with Gasteiger partial charge in [-0.25, -0.2) is 4.98 Å². The number of allylic oxidation sites excluding steroid dienone is 2. The van der Waals surface area contributed by atoms with Crippen LogP contribution in [0.5, 0.6) is 0 Å². The molecule has 1 atom stereocenters. The van der Waals surface area contributed by atoms with Crippen molar-refractivity contribution < 1.29 is 0 Å². The van der Waals surface area contributed by atoms with Gasteiger partial charge in [-0.15, -0.1) is 0 Å². The van der Waals surface area contributed by atoms with E-state index in [1.165, 1.54) is 0 Å². The fourth-order valence-electron chi connectivity index (χ4n) is 1.80. The van der Waals surface area contributed by atoms with E-state index in [2.05, 4.69) is 21.7 Å². The summed E-state index contributed by atoms with van der Waals surface area (Å²) in [6.45, 7) is 2.00. The molecule has 3 heteroatoms. The number of imidazole rings is 1. The second kappa shape index (κ2) is 3.34. The van der Waals surface area contributed by atoms with Gasteiger partial charge in [0.2, 0.25) is 0 Å². The Labute approximate surface area is 78.3 Å². The Morgan fingerprint density at radius 1 is 1.54 bits per heavy atom. The van der Waals surface area contributed by atoms with Gasteiger partial charge < -0.3 is 10.3 Å². The summed E-state index contributed by atoms with van der Waals surface area (Å²) in [4.78, 5) is 4.14. The van der Waals surface area contributed by atoms with E-state index >= 15 is 0 Å². The minimum absolute atomic E-state index is 0.0723. The number of aromatic nitrogens is 2. The molecule has 0 bridgehead atoms. The molecule has 0 fully saturated rings. The molecule has 1 heterocycles. The predicted molar refractivity (Wildman–Crippen MR) is 52.2 cm³/mol. The summed E-state index contributed by atoms with van der Waals surface area (Å²) in [7, 11) is 0. The summed E-state index contributed by atoms with van der Waals surface area (Å²) < 4.78 is 2.20. The summed E-state index contributed by atoms with van der Waals surface area (Å²) in [5.74, 6) is 0. The standard InChI is InChI=1S/C10H15N3/c1-8(11)10-6-12-7-13(10)9-4-2-3-5-9/h2-3,6-9H,4-5,11H2,1H3/t8-/m1/s1. The number of rotatable bonds is 2. The normalized spacial score (nSPS) is 19.5. The van der Waals surface area contributed by atoms with E-state index in [4.69, 9.17) is 5.73 Å². The highest BCUT2D eigenvalue weighted by molar-refractivity contribution is 5.08. The van der Waals surface area contributed by atoms with Gasteiger partial charge in [-0.1, -0.05) is 12.2 Å². The van der Waals surface area contributed by atoms with Crippen molar-refractivity contribution in [3.05, 3.63) is 30.4 Å². The predicted octanol–water partition coefficient (Wildman–Crippen LogP) is 1.79. The lowest BCUT2D eigenvalue weighted by Crippen LogP contribution is -2.14. The third-order valence-corrected chi connectivity index (χ3v) is 2.54. The third-order valence-electron chi connectivity index (χ3n) is 2.54. The van der Waals surface area contributed by atoms with Gasteiger partial charge in [0, 0.05) is 18.3 Å². The topological polar surface area (TPSA) is 43.8 Å². The van der Waals surface area contributed by atoms with Gasteiger partial charge in [0.05, 0.1) is 12.0 Å². The van der Waals surface area contributed by atoms with Crippen LogP contribution in [0.4, 0.5) is 0 Å². The van der Waals surface area contributed by atoms with Crippen LogP contribution in [0.15, 0.2) is 24.7 Å². The van der Waals surface area contributed by atoms with Crippen molar-refractivity contribution in [3.63, 3.8) is 0 Å². The van der Waals surface area contributed by atoms with Crippen LogP contribution in [0, 0.1) is 0 Å². The number of hydrogen-bond donors (Lipinski definition) is 1. The van der Waals surface area contributed by atoms with Crippen molar-refractivity contribution in [1.82, 2.24) is 9.55 Å². The first-order chi connectivity index (χ1) is 6.29. The summed E-state index contributed by atoms with van der Waals surface area (Å²) in [6, 6.07) is 0.617. The fraction of sp³-hybridized carbons (Fsp3) is 0.500. The van der Waals surface area contributed by atoms with Crippen molar-refractivity contribution >= 4 is 0 Å². The lowest BCUT2D eigenvalue weighted by molar-refractivity contribution is 0.503. The Kier molecular flexibility index (Phi) is 2.19. The molecule has 70 valence electrons. The van der Waals surface area contributed by atoms with Gasteiger partial charge in [0.15, 0.2) is 0 Å². The molecule has 0 saturated heterocycles. The maximum absolute atomic E-state index is 5.85. The van der Waals surface area contributed by atoms with Gasteiger partial charge in [0.1, 0.15) is 0 Å². The molecule has 0 aromatic carbocycles. The first kappa shape index (κ1) is 8.51. The van der Waals surface area contributed by atoms with Crippen LogP contribution >= 0.6 is 0 Å². The van der Waals surface area contributed by atoms with E-state index in [0.29, 0.717) is 6.04 Å². The first-order valence-electron chi connectivity index (χ1n) is 4.71. The zero-order valence-electron chi connectivity index (χ0n) is 7.85. The van der Waals surface area contributed by atoms with Crippen molar-refractivity contribution in [2.45, 2.75) is 31.8 Å². The summed E-state index contributed by atoms with van der Waals surface area (Å²) in [5, 5.41) is 0. The second-order valence-corrected chi connectivity index (χ2v) is 3.61. The van der Waals surface area contributed by atoms with E-state index in [1.807, 2.05) is 19.4 Å². The van der Waals surface area contributed by atoms with Gasteiger partial charge in [0.25, 0.3) is 0 Å². The molecule has 1 aromatic heterocycles. The average Bonchev–Trinajstić information content (AvgIpc) is 2.74. The van der Waals surface area contributed by atoms with E-state index in [0.717, 1.165) is 18.5 Å². The van der Waals surface area contributed by atoms with E-state index < -0.39 is 0 Å². The first-order valence-corrected chi connectivity index (χ1v) is 4.71. The van der Waals surface area contributed by atoms with E-state index in [-0.39, 0.29) is 6.04 Å². The lowest BCUT2D eigenvalue weighted by atomic mass is 10.2. The zero-order valence-corrected chi connectivity index (χ0v) is 7.85. The smallest absolute Gasteiger partial charge is 0.0951 e. The maximum Gasteiger partial charge on any atom is 0.0951 e. The highest BCUT2D eigenvalue weighted by Gasteiger charge is 2.16. The maximum atomic E-state index is 5.85. The lowest BCUT2D eigenvalue weighted by Gasteiger charge is -2.16. The van der Waals surface area contributed by atoms with Crippen LogP contribution in [-0.4, -0.2) is 9.55 Å². The van der Waals surface area contributed by atoms with Crippen molar-refractivity contribution in [3.8, 4) is 0 Å². The van der Waals surface area contributed by atoms with Crippen molar-refractivity contribution in [2.75, 3.05) is 0 Å². The molecule has 2 N–H and O–H groups in total. The molecule has 3 nitrogen and oxygen atoms in total. The fourth-order valence-corrected chi connectivity index (χ4v) is 1.80. The largest absolute Gasteiger partial charge is 0.329 e. The molecule has 0 radical (unpaired) electrons. The number of hydrogen-bond acceptors (Lipinski definition) is 2. The van der Waals surface area contributed by atoms with Crippen LogP contribution < -0.4 is 5.73 Å². The van der Waals surface area contributed by atoms with Crippen LogP contribution in [-0.2, 0) is 0 Å². The van der Waals surface area contributed by atoms with Crippen LogP contribution in [0.25, 0.3) is 0 Å². The summed E-state index contributed by atoms with van der Waals surface area (Å²) >= 11 is 0. The number of nitrogens with two attached hydrogens (primary N) is 1. The van der Waals surface area contributed by atoms with Crippen LogP contribution in [0.2, 0.25) is 0 Å². The molecule has 0 spiro atoms. The van der Waals surface area contributed by atoms with Gasteiger partial charge in [-0.2, -0.15) is 0 Å². The van der Waals surface area contributed by atoms with Crippen LogP contribution in [0.1, 0.15) is 37.5 Å². The number of nitrogens with zero attached hydrogens (tertiary/aromatic N) is 2. The Hall–Kier alpha value is -1.09. The molecule has 2 rings (SSSR count). The highest BCUT2D eigenvalue weighted by atomic mass is 15.1. The molecule has 0 aliphatic heterocycles. The highest BCUT2D eigenvalue weighted by Crippen LogP contribution is 2.26. The molecular weight excluding hydrogens is 162 g/mol. The molecule has 0 unspecified atom stereocenters. The minimum Gasteiger partial charge on any atom is -0.329 e. The monoisotopic (exact) mass is 177 g/mol. The molecule has 0 saturated carbocycles.